The van der Waals surface area contributed by atoms with Gasteiger partial charge in [-0.3, -0.25) is 0 Å². The molecule has 4 saturated carbocycles. The van der Waals surface area contributed by atoms with Crippen LogP contribution in [0.25, 0.3) is 0 Å². The van der Waals surface area contributed by atoms with Crippen molar-refractivity contribution < 1.29 is 45.7 Å². The fourth-order valence-electron chi connectivity index (χ4n) is 10.5. The second kappa shape index (κ2) is 16.0. The maximum Gasteiger partial charge on any atom is 0.438 e. The number of ether oxygens (including phenoxy) is 1. The van der Waals surface area contributed by atoms with E-state index in [1.54, 1.807) is 5.57 Å². The summed E-state index contributed by atoms with van der Waals surface area (Å²) in [5.74, 6) is 6.74. The predicted octanol–water partition coefficient (Wildman–Crippen LogP) is 11.6. The van der Waals surface area contributed by atoms with Gasteiger partial charge in [-0.05, 0) is 130 Å². The minimum absolute atomic E-state index is 0.0361. The predicted molar refractivity (Wildman–Crippen MR) is 211 cm³/mol. The first-order valence-electron chi connectivity index (χ1n) is 21.0. The van der Waals surface area contributed by atoms with Gasteiger partial charge in [-0.1, -0.05) is 70.3 Å². The Morgan fingerprint density at radius 3 is 1.71 bits per heavy atom. The highest BCUT2D eigenvalue weighted by molar-refractivity contribution is 6.74. The van der Waals surface area contributed by atoms with Gasteiger partial charge in [0.15, 0.2) is 8.32 Å². The Morgan fingerprint density at radius 2 is 1.27 bits per heavy atom. The lowest BCUT2D eigenvalue weighted by Crippen LogP contribution is -2.55. The fraction of sp³-hybridized carbons (Fsp3) is 0.822. The van der Waals surface area contributed by atoms with Crippen molar-refractivity contribution in [1.29, 1.82) is 0 Å². The smallest absolute Gasteiger partial charge is 0.414 e. The molecule has 0 radical (unpaired) electrons. The highest BCUT2D eigenvalue weighted by Gasteiger charge is 2.70. The molecule has 6 aliphatic carbocycles. The Labute approximate surface area is 333 Å². The molecule has 7 rings (SSSR count). The molecule has 11 heteroatoms. The molecule has 2 N–H and O–H groups in total. The number of aliphatic hydroxyl groups is 2. The van der Waals surface area contributed by atoms with Gasteiger partial charge in [-0.15, -0.1) is 12.3 Å². The highest BCUT2D eigenvalue weighted by atomic mass is 28.4. The third kappa shape index (κ3) is 8.74. The fourth-order valence-corrected chi connectivity index (χ4v) is 11.9. The quantitative estimate of drug-likeness (QED) is 0.121. The number of aliphatic hydroxyl groups excluding tert-OH is 1. The van der Waals surface area contributed by atoms with E-state index in [1.807, 2.05) is 18.9 Å². The zero-order chi connectivity index (χ0) is 41.6. The summed E-state index contributed by atoms with van der Waals surface area (Å²) in [4.78, 5) is 0. The number of rotatable bonds is 6. The molecule has 0 aromatic rings. The molecule has 5 fully saturated rings. The van der Waals surface area contributed by atoms with Crippen molar-refractivity contribution in [2.75, 3.05) is 13.2 Å². The minimum atomic E-state index is -5.92. The van der Waals surface area contributed by atoms with E-state index >= 15 is 0 Å². The van der Waals surface area contributed by atoms with Crippen molar-refractivity contribution in [2.24, 2.45) is 33.5 Å². The zero-order valence-electron chi connectivity index (χ0n) is 34.7. The monoisotopic (exact) mass is 812 g/mol. The SMILES string of the molecule is C#CCC1(C2=CCC3[C@@H](O[Si](C)(C)C(C)(C)C)CCC[C@]23C)CC1.C1CCOC1.C[C@]12CCC[C@H](O)C1CC=C2C1(CC#CC(O)(C(F)(F)F)C(F)(F)F)CC1. The van der Waals surface area contributed by atoms with Crippen LogP contribution in [0.5, 0.6) is 0 Å². The molecule has 316 valence electrons. The summed E-state index contributed by atoms with van der Waals surface area (Å²) in [6.07, 6.45) is 13.8. The molecule has 0 aromatic carbocycles. The van der Waals surface area contributed by atoms with Crippen LogP contribution in [0.3, 0.4) is 0 Å². The molecule has 1 saturated heterocycles. The molecule has 7 aliphatic rings. The molecule has 4 nitrogen and oxygen atoms in total. The molecule has 6 atom stereocenters. The summed E-state index contributed by atoms with van der Waals surface area (Å²) in [6, 6.07) is 0. The third-order valence-electron chi connectivity index (χ3n) is 15.2. The van der Waals surface area contributed by atoms with Crippen LogP contribution in [-0.2, 0) is 9.16 Å². The van der Waals surface area contributed by atoms with Crippen LogP contribution >= 0.6 is 0 Å². The Morgan fingerprint density at radius 1 is 0.786 bits per heavy atom. The highest BCUT2D eigenvalue weighted by Crippen LogP contribution is 2.68. The van der Waals surface area contributed by atoms with Gasteiger partial charge in [-0.2, -0.15) is 26.3 Å². The third-order valence-corrected chi connectivity index (χ3v) is 19.7. The molecule has 0 aromatic heterocycles. The van der Waals surface area contributed by atoms with Crippen LogP contribution in [0.15, 0.2) is 23.3 Å². The first-order chi connectivity index (χ1) is 25.8. The summed E-state index contributed by atoms with van der Waals surface area (Å²) in [7, 11) is -1.71. The van der Waals surface area contributed by atoms with E-state index in [0.29, 0.717) is 48.5 Å². The molecule has 1 aliphatic heterocycles. The summed E-state index contributed by atoms with van der Waals surface area (Å²) in [5, 5.41) is 19.7. The Bertz CT molecular complexity index is 1550. The number of halogens is 6. The maximum absolute atomic E-state index is 12.8. The van der Waals surface area contributed by atoms with Crippen molar-refractivity contribution in [2.45, 2.75) is 186 Å². The molecular formula is C45H66F6O4Si. The molecule has 56 heavy (non-hydrogen) atoms. The molecule has 0 amide bonds. The Hall–Kier alpha value is -1.76. The summed E-state index contributed by atoms with van der Waals surface area (Å²) in [5.41, 5.74) is -2.44. The van der Waals surface area contributed by atoms with Crippen LogP contribution in [-0.4, -0.2) is 61.9 Å². The Balaban J connectivity index is 0.000000191. The first-order valence-corrected chi connectivity index (χ1v) is 23.9. The van der Waals surface area contributed by atoms with E-state index in [2.05, 4.69) is 52.8 Å². The Kier molecular flexibility index (Phi) is 13.0. The molecule has 0 spiro atoms. The van der Waals surface area contributed by atoms with Crippen LogP contribution in [0, 0.1) is 57.7 Å². The van der Waals surface area contributed by atoms with Gasteiger partial charge in [-0.25, -0.2) is 0 Å². The molecular weight excluding hydrogens is 747 g/mol. The van der Waals surface area contributed by atoms with E-state index in [9.17, 15) is 31.4 Å². The van der Waals surface area contributed by atoms with E-state index in [1.165, 1.54) is 51.4 Å². The van der Waals surface area contributed by atoms with E-state index in [4.69, 9.17) is 20.7 Å². The number of allylic oxidation sites excluding steroid dienone is 4. The minimum Gasteiger partial charge on any atom is -0.414 e. The lowest BCUT2D eigenvalue weighted by Gasteiger charge is -2.49. The number of terminal acetylenes is 1. The van der Waals surface area contributed by atoms with E-state index in [-0.39, 0.29) is 22.8 Å². The first kappa shape index (κ1) is 45.3. The number of hydrogen-bond donors (Lipinski definition) is 2. The van der Waals surface area contributed by atoms with Gasteiger partial charge in [0.1, 0.15) is 0 Å². The summed E-state index contributed by atoms with van der Waals surface area (Å²) >= 11 is 0. The second-order valence-electron chi connectivity index (χ2n) is 20.0. The van der Waals surface area contributed by atoms with Gasteiger partial charge in [0.25, 0.3) is 0 Å². The van der Waals surface area contributed by atoms with Crippen molar-refractivity contribution in [3.05, 3.63) is 23.3 Å². The molecule has 2 unspecified atom stereocenters. The molecule has 1 heterocycles. The van der Waals surface area contributed by atoms with Gasteiger partial charge in [0.05, 0.1) is 6.10 Å². The zero-order valence-corrected chi connectivity index (χ0v) is 35.7. The van der Waals surface area contributed by atoms with E-state index in [0.717, 1.165) is 44.0 Å². The second-order valence-corrected chi connectivity index (χ2v) is 24.7. The van der Waals surface area contributed by atoms with E-state index < -0.39 is 37.8 Å². The summed E-state index contributed by atoms with van der Waals surface area (Å²) < 4.78 is 88.4. The normalized spacial score (nSPS) is 33.1. The largest absolute Gasteiger partial charge is 0.438 e. The maximum atomic E-state index is 12.8. The van der Waals surface area contributed by atoms with Crippen molar-refractivity contribution in [3.8, 4) is 24.2 Å². The van der Waals surface area contributed by atoms with Gasteiger partial charge >= 0.3 is 18.0 Å². The number of fused-ring (bicyclic) bond motifs is 2. The van der Waals surface area contributed by atoms with Crippen LogP contribution in [0.4, 0.5) is 26.3 Å². The lowest BCUT2D eigenvalue weighted by atomic mass is 9.62. The van der Waals surface area contributed by atoms with Gasteiger partial charge < -0.3 is 19.4 Å². The molecule has 0 bridgehead atoms. The van der Waals surface area contributed by atoms with Crippen molar-refractivity contribution in [1.82, 2.24) is 0 Å². The van der Waals surface area contributed by atoms with Gasteiger partial charge in [0.2, 0.25) is 0 Å². The average molecular weight is 813 g/mol. The van der Waals surface area contributed by atoms with Crippen molar-refractivity contribution >= 4 is 8.32 Å². The van der Waals surface area contributed by atoms with Crippen LogP contribution in [0.1, 0.15) is 137 Å². The average Bonchev–Trinajstić information content (AvgIpc) is 3.81. The standard InChI is InChI=1S/C22H36OSi.C19H22F6O2.C4H8O/c1-8-13-22(15-16-22)19-12-11-17-18(10-9-14-21(17,19)5)23-24(6,7)20(2,3)4;1-15-7-2-4-13(26)12(15)5-6-14(15)16(10-11-16)8-3-9-17(27,18(20,21)22)19(23,24)25;1-2-4-5-3-1/h1,12,17-18H,9-11,13-16H2,2-7H3;6,12-13,26-27H,2,4-5,7-8,10-11H2,1H3;1-4H2/t17?,18-,21-;12?,13-,15-;/m00./s1. The number of alkyl halides is 6. The topological polar surface area (TPSA) is 58.9 Å². The van der Waals surface area contributed by atoms with Crippen molar-refractivity contribution in [3.63, 3.8) is 0 Å². The van der Waals surface area contributed by atoms with Crippen LogP contribution in [0.2, 0.25) is 18.1 Å². The van der Waals surface area contributed by atoms with Gasteiger partial charge in [0, 0.05) is 43.0 Å². The lowest BCUT2D eigenvalue weighted by molar-refractivity contribution is -0.343. The summed E-state index contributed by atoms with van der Waals surface area (Å²) in [6.45, 7) is 18.4. The number of hydrogen-bond acceptors (Lipinski definition) is 4. The van der Waals surface area contributed by atoms with Crippen LogP contribution < -0.4 is 0 Å².